The molecular weight excluding hydrogens is 969 g/mol. The first-order valence-corrected chi connectivity index (χ1v) is 26.8. The van der Waals surface area contributed by atoms with Gasteiger partial charge >= 0.3 is 0 Å². The van der Waals surface area contributed by atoms with E-state index in [1.807, 2.05) is 75.1 Å². The number of nitrogens with zero attached hydrogens (tertiary/aromatic N) is 9. The fourth-order valence-electron chi connectivity index (χ4n) is 9.49. The number of nitrogen functional groups attached to an aromatic ring is 2. The molecule has 0 radical (unpaired) electrons. The molecule has 3 fully saturated rings. The summed E-state index contributed by atoms with van der Waals surface area (Å²) in [6.07, 6.45) is 13.7. The van der Waals surface area contributed by atoms with Crippen LogP contribution in [-0.2, 0) is 17.6 Å². The third-order valence-corrected chi connectivity index (χ3v) is 13.7. The summed E-state index contributed by atoms with van der Waals surface area (Å²) in [6, 6.07) is 18.8. The van der Waals surface area contributed by atoms with E-state index in [1.54, 1.807) is 51.1 Å². The summed E-state index contributed by atoms with van der Waals surface area (Å²) < 4.78 is 16.7. The van der Waals surface area contributed by atoms with E-state index in [2.05, 4.69) is 68.7 Å². The Labute approximate surface area is 453 Å². The van der Waals surface area contributed by atoms with Crippen molar-refractivity contribution in [3.05, 3.63) is 130 Å². The van der Waals surface area contributed by atoms with Crippen LogP contribution in [0.3, 0.4) is 0 Å². The van der Waals surface area contributed by atoms with Crippen molar-refractivity contribution in [3.8, 4) is 57.7 Å². The number of hydrogen-bond acceptors (Lipinski definition) is 15. The molecule has 0 aliphatic carbocycles. The summed E-state index contributed by atoms with van der Waals surface area (Å²) in [5.74, 6) is 14.5. The van der Waals surface area contributed by atoms with Crippen LogP contribution >= 0.6 is 0 Å². The second kappa shape index (κ2) is 28.8. The maximum Gasteiger partial charge on any atom is 0.257 e. The topological polar surface area (TPSA) is 213 Å². The quantitative estimate of drug-likeness (QED) is 0.102. The first-order valence-electron chi connectivity index (χ1n) is 26.8. The van der Waals surface area contributed by atoms with Crippen molar-refractivity contribution in [1.82, 2.24) is 49.9 Å². The van der Waals surface area contributed by atoms with Crippen molar-refractivity contribution in [2.45, 2.75) is 78.7 Å². The van der Waals surface area contributed by atoms with Crippen molar-refractivity contribution in [2.24, 2.45) is 0 Å². The second-order valence-corrected chi connectivity index (χ2v) is 18.4. The second-order valence-electron chi connectivity index (χ2n) is 18.4. The van der Waals surface area contributed by atoms with Gasteiger partial charge in [-0.25, -0.2) is 29.9 Å². The van der Waals surface area contributed by atoms with Crippen molar-refractivity contribution >= 4 is 23.5 Å². The molecule has 2 aromatic carbocycles. The fourth-order valence-corrected chi connectivity index (χ4v) is 9.49. The number of methoxy groups -OCH3 is 2. The van der Waals surface area contributed by atoms with Gasteiger partial charge in [-0.15, -0.1) is 0 Å². The molecule has 0 atom stereocenters. The molecule has 5 N–H and O–H groups in total. The maximum absolute atomic E-state index is 13.5. The molecule has 0 spiro atoms. The van der Waals surface area contributed by atoms with Crippen LogP contribution in [0.2, 0.25) is 0 Å². The number of morpholine rings is 1. The van der Waals surface area contributed by atoms with Crippen LogP contribution < -0.4 is 26.3 Å². The molecule has 2 amide bonds. The number of anilines is 2. The summed E-state index contributed by atoms with van der Waals surface area (Å²) >= 11 is 0. The number of rotatable bonds is 12. The third-order valence-electron chi connectivity index (χ3n) is 13.7. The van der Waals surface area contributed by atoms with Gasteiger partial charge in [-0.1, -0.05) is 69.9 Å². The summed E-state index contributed by atoms with van der Waals surface area (Å²) in [7, 11) is 3.15. The van der Waals surface area contributed by atoms with Crippen molar-refractivity contribution in [2.75, 3.05) is 91.3 Å². The molecule has 17 nitrogen and oxygen atoms in total. The molecule has 402 valence electrons. The lowest BCUT2D eigenvalue weighted by atomic mass is 9.98. The van der Waals surface area contributed by atoms with Crippen LogP contribution in [0.5, 0.6) is 11.5 Å². The highest BCUT2D eigenvalue weighted by Gasteiger charge is 2.30. The summed E-state index contributed by atoms with van der Waals surface area (Å²) in [5, 5.41) is 2.99. The summed E-state index contributed by atoms with van der Waals surface area (Å²) in [6.45, 7) is 16.6. The first-order chi connectivity index (χ1) is 37.7. The molecule has 9 rings (SSSR count). The van der Waals surface area contributed by atoms with Gasteiger partial charge in [0.15, 0.2) is 0 Å². The minimum absolute atomic E-state index is 0.0169. The zero-order valence-electron chi connectivity index (χ0n) is 45.4. The minimum Gasteiger partial charge on any atom is -0.496 e. The number of ether oxygens (including phenoxy) is 3. The van der Waals surface area contributed by atoms with Crippen LogP contribution in [0, 0.1) is 23.7 Å². The van der Waals surface area contributed by atoms with Crippen LogP contribution in [0.1, 0.15) is 114 Å². The zero-order valence-corrected chi connectivity index (χ0v) is 45.4. The molecule has 17 heteroatoms. The molecule has 4 aromatic heterocycles. The standard InChI is InChI=1S/C31H36N6O2.C27H30N6O3.C2H6/c1-3-27-25(10-7-22-8-12-29(32)33-20-22)30(35-21-34-27)23-9-11-26(28(19-23)39-2)31(38)37-17-13-24(14-18-37)36-15-5-4-6-16-36;1-3-23-21(7-4-19-5-9-25(28)30-17-19)26(32-18-31-23)20-6-8-22(24(16-20)35-2)27(34)29-10-11-33-12-14-36-15-13-33;1-2/h8-9,11-12,19-21,24H,3-6,13-18H2,1-2H3,(H2,32,33);5-6,8-9,16-18H,3,10-15H2,1-2H3,(H2,28,30)(H,29,34);1-2H3. The van der Waals surface area contributed by atoms with E-state index in [-0.39, 0.29) is 11.8 Å². The van der Waals surface area contributed by atoms with E-state index in [0.717, 1.165) is 104 Å². The summed E-state index contributed by atoms with van der Waals surface area (Å²) in [4.78, 5) is 59.4. The lowest BCUT2D eigenvalue weighted by Crippen LogP contribution is -2.48. The Kier molecular flexibility index (Phi) is 21.2. The lowest BCUT2D eigenvalue weighted by Gasteiger charge is -2.40. The van der Waals surface area contributed by atoms with Gasteiger partial charge in [0.05, 0.1) is 72.5 Å². The molecule has 3 aliphatic heterocycles. The molecule has 3 saturated heterocycles. The van der Waals surface area contributed by atoms with Crippen LogP contribution in [0.4, 0.5) is 11.6 Å². The number of pyridine rings is 2. The number of benzene rings is 2. The smallest absolute Gasteiger partial charge is 0.257 e. The molecular formula is C60H72N12O5. The van der Waals surface area contributed by atoms with Gasteiger partial charge in [0, 0.05) is 80.0 Å². The number of nitrogens with two attached hydrogens (primary N) is 2. The largest absolute Gasteiger partial charge is 0.496 e. The van der Waals surface area contributed by atoms with E-state index < -0.39 is 0 Å². The van der Waals surface area contributed by atoms with Crippen LogP contribution in [0.25, 0.3) is 22.5 Å². The number of amides is 2. The first kappa shape index (κ1) is 56.8. The summed E-state index contributed by atoms with van der Waals surface area (Å²) in [5.41, 5.74) is 20.1. The third kappa shape index (κ3) is 15.1. The maximum atomic E-state index is 13.5. The number of aryl methyl sites for hydroxylation is 2. The molecule has 0 bridgehead atoms. The molecule has 7 heterocycles. The van der Waals surface area contributed by atoms with Gasteiger partial charge in [0.25, 0.3) is 11.8 Å². The number of piperidine rings is 2. The number of nitrogens with one attached hydrogen (secondary N) is 1. The number of hydrogen-bond donors (Lipinski definition) is 3. The Morgan fingerprint density at radius 2 is 1.17 bits per heavy atom. The molecule has 6 aromatic rings. The van der Waals surface area contributed by atoms with Gasteiger partial charge in [0.1, 0.15) is 35.8 Å². The molecule has 77 heavy (non-hydrogen) atoms. The van der Waals surface area contributed by atoms with E-state index >= 15 is 0 Å². The SMILES string of the molecule is CC.CCc1ncnc(-c2ccc(C(=O)N3CCC(N4CCCCC4)CC3)c(OC)c2)c1C#Cc1ccc(N)nc1.CCc1ncnc(-c2ccc(C(=O)NCCN3CCOCC3)c(OC)c2)c1C#Cc1ccc(N)nc1. The van der Waals surface area contributed by atoms with Crippen LogP contribution in [0.15, 0.2) is 85.7 Å². The van der Waals surface area contributed by atoms with Gasteiger partial charge in [0.2, 0.25) is 0 Å². The Bertz CT molecular complexity index is 3040. The van der Waals surface area contributed by atoms with E-state index in [1.165, 1.54) is 38.7 Å². The number of aromatic nitrogens is 6. The minimum atomic E-state index is -0.181. The Morgan fingerprint density at radius 3 is 1.66 bits per heavy atom. The van der Waals surface area contributed by atoms with Crippen molar-refractivity contribution in [1.29, 1.82) is 0 Å². The van der Waals surface area contributed by atoms with E-state index in [9.17, 15) is 9.59 Å². The number of carbonyl (C=O) groups excluding carboxylic acids is 2. The molecule has 0 saturated carbocycles. The highest BCUT2D eigenvalue weighted by Crippen LogP contribution is 2.32. The Balaban J connectivity index is 0.000000217. The number of carbonyl (C=O) groups is 2. The predicted molar refractivity (Wildman–Crippen MR) is 301 cm³/mol. The van der Waals surface area contributed by atoms with Crippen LogP contribution in [-0.4, -0.2) is 142 Å². The van der Waals surface area contributed by atoms with E-state index in [0.29, 0.717) is 71.1 Å². The van der Waals surface area contributed by atoms with Crippen molar-refractivity contribution < 1.29 is 23.8 Å². The van der Waals surface area contributed by atoms with Gasteiger partial charge in [-0.3, -0.25) is 14.5 Å². The van der Waals surface area contributed by atoms with Gasteiger partial charge in [-0.2, -0.15) is 0 Å². The van der Waals surface area contributed by atoms with Gasteiger partial charge < -0.3 is 40.8 Å². The lowest BCUT2D eigenvalue weighted by molar-refractivity contribution is 0.0383. The van der Waals surface area contributed by atoms with Crippen molar-refractivity contribution in [3.63, 3.8) is 0 Å². The Morgan fingerprint density at radius 1 is 0.649 bits per heavy atom. The molecule has 3 aliphatic rings. The van der Waals surface area contributed by atoms with Gasteiger partial charge in [-0.05, 0) is 100 Å². The average molecular weight is 1040 g/mol. The highest BCUT2D eigenvalue weighted by atomic mass is 16.5. The predicted octanol–water partition coefficient (Wildman–Crippen LogP) is 7.36. The zero-order chi connectivity index (χ0) is 54.5. The normalized spacial score (nSPS) is 14.7. The van der Waals surface area contributed by atoms with E-state index in [4.69, 9.17) is 25.7 Å². The molecule has 0 unspecified atom stereocenters. The Hall–Kier alpha value is -7.96. The monoisotopic (exact) mass is 1040 g/mol. The number of likely N-dealkylation sites (tertiary alicyclic amines) is 2. The average Bonchev–Trinajstić information content (AvgIpc) is 3.49. The fraction of sp³-hybridized carbons (Fsp3) is 0.400. The highest BCUT2D eigenvalue weighted by molar-refractivity contribution is 5.98.